The molecule has 0 aromatic carbocycles. The van der Waals surface area contributed by atoms with Crippen LogP contribution in [0.5, 0.6) is 0 Å². The van der Waals surface area contributed by atoms with Crippen LogP contribution in [0.15, 0.2) is 55.2 Å². The van der Waals surface area contributed by atoms with Crippen molar-refractivity contribution in [3.05, 3.63) is 60.8 Å². The lowest BCUT2D eigenvalue weighted by atomic mass is 10.2. The Kier molecular flexibility index (Phi) is 3.66. The fourth-order valence-corrected chi connectivity index (χ4v) is 2.78. The SMILES string of the molecule is O=C1N(Cc2cccnc2)CCN1c1ccc(-c2cn[nH]c2)cn1. The third kappa shape index (κ3) is 2.71. The zero-order valence-electron chi connectivity index (χ0n) is 13.0. The van der Waals surface area contributed by atoms with Crippen molar-refractivity contribution in [1.82, 2.24) is 25.1 Å². The summed E-state index contributed by atoms with van der Waals surface area (Å²) in [6, 6.07) is 7.64. The number of hydrogen-bond acceptors (Lipinski definition) is 4. The Bertz CT molecular complexity index is 816. The number of nitrogens with one attached hydrogen (secondary N) is 1. The predicted octanol–water partition coefficient (Wildman–Crippen LogP) is 2.31. The van der Waals surface area contributed by atoms with Crippen LogP contribution < -0.4 is 4.90 Å². The van der Waals surface area contributed by atoms with Crippen LogP contribution in [-0.4, -0.2) is 44.2 Å². The number of amides is 2. The molecule has 1 saturated heterocycles. The quantitative estimate of drug-likeness (QED) is 0.800. The van der Waals surface area contributed by atoms with Crippen LogP contribution in [0.2, 0.25) is 0 Å². The topological polar surface area (TPSA) is 78.0 Å². The molecule has 0 bridgehead atoms. The molecule has 7 nitrogen and oxygen atoms in total. The third-order valence-corrected chi connectivity index (χ3v) is 4.05. The maximum absolute atomic E-state index is 12.6. The molecular formula is C17H16N6O. The zero-order valence-corrected chi connectivity index (χ0v) is 13.0. The fraction of sp³-hybridized carbons (Fsp3) is 0.176. The van der Waals surface area contributed by atoms with Gasteiger partial charge in [0.1, 0.15) is 5.82 Å². The van der Waals surface area contributed by atoms with E-state index in [9.17, 15) is 4.79 Å². The summed E-state index contributed by atoms with van der Waals surface area (Å²) in [5.74, 6) is 0.668. The third-order valence-electron chi connectivity index (χ3n) is 4.05. The molecule has 4 heterocycles. The van der Waals surface area contributed by atoms with Gasteiger partial charge in [-0.2, -0.15) is 5.10 Å². The van der Waals surface area contributed by atoms with Gasteiger partial charge in [-0.1, -0.05) is 6.07 Å². The highest BCUT2D eigenvalue weighted by molar-refractivity contribution is 5.93. The summed E-state index contributed by atoms with van der Waals surface area (Å²) in [4.78, 5) is 24.6. The Hall–Kier alpha value is -3.22. The van der Waals surface area contributed by atoms with Crippen molar-refractivity contribution < 1.29 is 4.79 Å². The molecule has 7 heteroatoms. The molecule has 120 valence electrons. The number of nitrogens with zero attached hydrogens (tertiary/aromatic N) is 5. The number of aromatic nitrogens is 4. The van der Waals surface area contributed by atoms with E-state index in [0.717, 1.165) is 16.7 Å². The van der Waals surface area contributed by atoms with Crippen LogP contribution in [0.25, 0.3) is 11.1 Å². The lowest BCUT2D eigenvalue weighted by Gasteiger charge is -2.18. The first-order valence-electron chi connectivity index (χ1n) is 7.72. The van der Waals surface area contributed by atoms with E-state index in [4.69, 9.17) is 0 Å². The number of aromatic amines is 1. The summed E-state index contributed by atoms with van der Waals surface area (Å²) in [5, 5.41) is 6.71. The predicted molar refractivity (Wildman–Crippen MR) is 89.2 cm³/mol. The van der Waals surface area contributed by atoms with E-state index in [0.29, 0.717) is 25.5 Å². The molecule has 3 aromatic heterocycles. The van der Waals surface area contributed by atoms with Gasteiger partial charge in [0.2, 0.25) is 0 Å². The molecule has 0 saturated carbocycles. The van der Waals surface area contributed by atoms with E-state index in [-0.39, 0.29) is 6.03 Å². The Morgan fingerprint density at radius 2 is 2.04 bits per heavy atom. The Morgan fingerprint density at radius 1 is 1.08 bits per heavy atom. The van der Waals surface area contributed by atoms with E-state index in [2.05, 4.69) is 20.2 Å². The number of carbonyl (C=O) groups excluding carboxylic acids is 1. The average Bonchev–Trinajstić information content (AvgIpc) is 3.27. The van der Waals surface area contributed by atoms with E-state index in [1.807, 2.05) is 35.4 Å². The smallest absolute Gasteiger partial charge is 0.318 e. The summed E-state index contributed by atoms with van der Waals surface area (Å²) in [6.45, 7) is 1.88. The summed E-state index contributed by atoms with van der Waals surface area (Å²) in [5.41, 5.74) is 2.96. The maximum Gasteiger partial charge on any atom is 0.326 e. The van der Waals surface area contributed by atoms with Crippen LogP contribution in [0.3, 0.4) is 0 Å². The van der Waals surface area contributed by atoms with E-state index in [1.165, 1.54) is 0 Å². The number of pyridine rings is 2. The molecule has 1 aliphatic rings. The molecule has 24 heavy (non-hydrogen) atoms. The molecule has 4 rings (SSSR count). The summed E-state index contributed by atoms with van der Waals surface area (Å²) in [6.07, 6.45) is 8.83. The molecule has 0 atom stereocenters. The van der Waals surface area contributed by atoms with Gasteiger partial charge in [0.15, 0.2) is 0 Å². The highest BCUT2D eigenvalue weighted by Crippen LogP contribution is 2.23. The van der Waals surface area contributed by atoms with Crippen molar-refractivity contribution in [1.29, 1.82) is 0 Å². The normalized spacial score (nSPS) is 14.4. The first kappa shape index (κ1) is 14.4. The van der Waals surface area contributed by atoms with Crippen LogP contribution >= 0.6 is 0 Å². The summed E-state index contributed by atoms with van der Waals surface area (Å²) in [7, 11) is 0. The summed E-state index contributed by atoms with van der Waals surface area (Å²) >= 11 is 0. The fourth-order valence-electron chi connectivity index (χ4n) is 2.78. The second kappa shape index (κ2) is 6.11. The second-order valence-electron chi connectivity index (χ2n) is 5.61. The number of anilines is 1. The van der Waals surface area contributed by atoms with Gasteiger partial charge < -0.3 is 4.90 Å². The Morgan fingerprint density at radius 3 is 2.75 bits per heavy atom. The van der Waals surface area contributed by atoms with E-state index in [1.54, 1.807) is 29.7 Å². The molecule has 0 radical (unpaired) electrons. The maximum atomic E-state index is 12.6. The van der Waals surface area contributed by atoms with Gasteiger partial charge in [-0.25, -0.2) is 9.78 Å². The Labute approximate surface area is 139 Å². The summed E-state index contributed by atoms with van der Waals surface area (Å²) < 4.78 is 0. The largest absolute Gasteiger partial charge is 0.326 e. The molecule has 1 aliphatic heterocycles. The standard InChI is InChI=1S/C17H16N6O/c24-17-22(12-13-2-1-5-18-8-13)6-7-23(17)16-4-3-14(9-19-16)15-10-20-21-11-15/h1-5,8-11H,6-7,12H2,(H,20,21). The van der Waals surface area contributed by atoms with Gasteiger partial charge in [-0.15, -0.1) is 0 Å². The van der Waals surface area contributed by atoms with Crippen LogP contribution in [0.1, 0.15) is 5.56 Å². The first-order valence-corrected chi connectivity index (χ1v) is 7.72. The van der Waals surface area contributed by atoms with Crippen LogP contribution in [-0.2, 0) is 6.54 Å². The monoisotopic (exact) mass is 320 g/mol. The van der Waals surface area contributed by atoms with Crippen molar-refractivity contribution in [2.24, 2.45) is 0 Å². The van der Waals surface area contributed by atoms with Crippen molar-refractivity contribution in [3.8, 4) is 11.1 Å². The molecular weight excluding hydrogens is 304 g/mol. The lowest BCUT2D eigenvalue weighted by molar-refractivity contribution is 0.218. The molecule has 1 N–H and O–H groups in total. The minimum Gasteiger partial charge on any atom is -0.318 e. The number of hydrogen-bond donors (Lipinski definition) is 1. The minimum absolute atomic E-state index is 0.0255. The zero-order chi connectivity index (χ0) is 16.4. The van der Waals surface area contributed by atoms with Gasteiger partial charge in [-0.05, 0) is 23.8 Å². The average molecular weight is 320 g/mol. The Balaban J connectivity index is 1.48. The molecule has 2 amide bonds. The van der Waals surface area contributed by atoms with Gasteiger partial charge in [0.05, 0.1) is 6.20 Å². The lowest BCUT2D eigenvalue weighted by Crippen LogP contribution is -2.31. The molecule has 3 aromatic rings. The van der Waals surface area contributed by atoms with Crippen molar-refractivity contribution in [2.45, 2.75) is 6.54 Å². The second-order valence-corrected chi connectivity index (χ2v) is 5.61. The van der Waals surface area contributed by atoms with E-state index >= 15 is 0 Å². The minimum atomic E-state index is -0.0255. The van der Waals surface area contributed by atoms with Crippen LogP contribution in [0.4, 0.5) is 10.6 Å². The molecule has 1 fully saturated rings. The highest BCUT2D eigenvalue weighted by atomic mass is 16.2. The number of carbonyl (C=O) groups is 1. The van der Waals surface area contributed by atoms with Gasteiger partial charge in [-0.3, -0.25) is 15.0 Å². The van der Waals surface area contributed by atoms with Crippen molar-refractivity contribution in [2.75, 3.05) is 18.0 Å². The number of H-pyrrole nitrogens is 1. The first-order chi connectivity index (χ1) is 11.8. The molecule has 0 unspecified atom stereocenters. The van der Waals surface area contributed by atoms with Crippen LogP contribution in [0, 0.1) is 0 Å². The highest BCUT2D eigenvalue weighted by Gasteiger charge is 2.30. The van der Waals surface area contributed by atoms with Gasteiger partial charge in [0.25, 0.3) is 0 Å². The molecule has 0 aliphatic carbocycles. The van der Waals surface area contributed by atoms with Crippen molar-refractivity contribution in [3.63, 3.8) is 0 Å². The van der Waals surface area contributed by atoms with Gasteiger partial charge in [0, 0.05) is 55.5 Å². The number of rotatable bonds is 4. The van der Waals surface area contributed by atoms with Crippen molar-refractivity contribution >= 4 is 11.8 Å². The van der Waals surface area contributed by atoms with E-state index < -0.39 is 0 Å². The molecule has 0 spiro atoms. The van der Waals surface area contributed by atoms with Gasteiger partial charge >= 0.3 is 6.03 Å². The number of urea groups is 1.